The number of Topliss-reactive ketones (excluding diaryl/α,β-unsaturated/α-hetero) is 1. The summed E-state index contributed by atoms with van der Waals surface area (Å²) in [4.78, 5) is 13.3. The van der Waals surface area contributed by atoms with Crippen LogP contribution in [0, 0.1) is 17.8 Å². The van der Waals surface area contributed by atoms with Crippen molar-refractivity contribution < 1.29 is 29.2 Å². The molecule has 0 aromatic carbocycles. The van der Waals surface area contributed by atoms with Gasteiger partial charge in [-0.2, -0.15) is 0 Å². The summed E-state index contributed by atoms with van der Waals surface area (Å²) in [6, 6.07) is 0. The molecule has 6 heteroatoms. The number of ketones is 1. The van der Waals surface area contributed by atoms with Crippen molar-refractivity contribution in [1.82, 2.24) is 0 Å². The molecule has 1 unspecified atom stereocenters. The van der Waals surface area contributed by atoms with E-state index in [1.807, 2.05) is 19.1 Å². The van der Waals surface area contributed by atoms with Crippen LogP contribution in [0.25, 0.3) is 0 Å². The van der Waals surface area contributed by atoms with E-state index in [9.17, 15) is 15.0 Å². The monoisotopic (exact) mass is 500 g/mol. The molecule has 5 rings (SSSR count). The van der Waals surface area contributed by atoms with Gasteiger partial charge in [0.15, 0.2) is 5.78 Å². The molecule has 0 aromatic rings. The second kappa shape index (κ2) is 9.16. The largest absolute Gasteiger partial charge is 0.392 e. The summed E-state index contributed by atoms with van der Waals surface area (Å²) < 4.78 is 20.6. The molecule has 0 radical (unpaired) electrons. The van der Waals surface area contributed by atoms with Crippen LogP contribution in [0.2, 0.25) is 0 Å². The van der Waals surface area contributed by atoms with Gasteiger partial charge in [0.1, 0.15) is 17.3 Å². The third kappa shape index (κ3) is 3.59. The Morgan fingerprint density at radius 2 is 1.83 bits per heavy atom. The minimum absolute atomic E-state index is 0.0314. The van der Waals surface area contributed by atoms with Crippen LogP contribution in [-0.2, 0) is 19.0 Å². The minimum atomic E-state index is -1.64. The number of unbranched alkanes of at least 4 members (excludes halogenated alkanes) is 6. The van der Waals surface area contributed by atoms with Gasteiger partial charge in [0.25, 0.3) is 5.97 Å². The predicted octanol–water partition coefficient (Wildman–Crippen LogP) is 5.13. The van der Waals surface area contributed by atoms with E-state index in [1.54, 1.807) is 6.92 Å². The van der Waals surface area contributed by atoms with Crippen molar-refractivity contribution >= 4 is 5.78 Å². The molecule has 0 spiro atoms. The summed E-state index contributed by atoms with van der Waals surface area (Å²) in [5.41, 5.74) is -1.10. The quantitative estimate of drug-likeness (QED) is 0.319. The van der Waals surface area contributed by atoms with E-state index in [1.165, 1.54) is 32.1 Å². The van der Waals surface area contributed by atoms with Crippen molar-refractivity contribution in [1.29, 1.82) is 0 Å². The van der Waals surface area contributed by atoms with Crippen LogP contribution in [0.4, 0.5) is 0 Å². The zero-order valence-electron chi connectivity index (χ0n) is 22.5. The van der Waals surface area contributed by atoms with Gasteiger partial charge >= 0.3 is 0 Å². The zero-order chi connectivity index (χ0) is 25.9. The van der Waals surface area contributed by atoms with Crippen LogP contribution in [0.3, 0.4) is 0 Å². The van der Waals surface area contributed by atoms with Crippen molar-refractivity contribution in [3.63, 3.8) is 0 Å². The summed E-state index contributed by atoms with van der Waals surface area (Å²) in [6.07, 6.45) is 13.1. The highest BCUT2D eigenvalue weighted by Gasteiger charge is 2.78. The molecular weight excluding hydrogens is 456 g/mol. The lowest BCUT2D eigenvalue weighted by Gasteiger charge is -2.59. The normalized spacial score (nSPS) is 44.7. The molecule has 2 heterocycles. The van der Waals surface area contributed by atoms with E-state index in [0.717, 1.165) is 18.4 Å². The summed E-state index contributed by atoms with van der Waals surface area (Å²) in [5, 5.41) is 22.1. The summed E-state index contributed by atoms with van der Waals surface area (Å²) in [5.74, 6) is -2.34. The second-order valence-corrected chi connectivity index (χ2v) is 12.2. The maximum Gasteiger partial charge on any atom is 0.284 e. The van der Waals surface area contributed by atoms with Crippen molar-refractivity contribution in [2.75, 3.05) is 6.61 Å². The third-order valence-electron chi connectivity index (χ3n) is 9.76. The highest BCUT2D eigenvalue weighted by atomic mass is 16.9. The molecule has 2 saturated heterocycles. The molecule has 8 atom stereocenters. The summed E-state index contributed by atoms with van der Waals surface area (Å²) >= 11 is 0. The fraction of sp³-hybridized carbons (Fsp3) is 0.767. The average Bonchev–Trinajstić information content (AvgIpc) is 3.14. The van der Waals surface area contributed by atoms with Crippen molar-refractivity contribution in [3.8, 4) is 0 Å². The first-order valence-corrected chi connectivity index (χ1v) is 14.1. The molecule has 2 N–H and O–H groups in total. The smallest absolute Gasteiger partial charge is 0.284 e. The second-order valence-electron chi connectivity index (χ2n) is 12.2. The zero-order valence-corrected chi connectivity index (χ0v) is 22.5. The van der Waals surface area contributed by atoms with E-state index in [-0.39, 0.29) is 36.8 Å². The maximum atomic E-state index is 13.3. The van der Waals surface area contributed by atoms with E-state index < -0.39 is 28.7 Å². The first kappa shape index (κ1) is 26.3. The van der Waals surface area contributed by atoms with Gasteiger partial charge in [0, 0.05) is 24.7 Å². The molecule has 36 heavy (non-hydrogen) atoms. The van der Waals surface area contributed by atoms with Crippen LogP contribution in [0.5, 0.6) is 0 Å². The molecule has 6 nitrogen and oxygen atoms in total. The van der Waals surface area contributed by atoms with Gasteiger partial charge in [-0.25, -0.2) is 0 Å². The Morgan fingerprint density at radius 1 is 1.14 bits per heavy atom. The number of rotatable bonds is 10. The minimum Gasteiger partial charge on any atom is -0.392 e. The van der Waals surface area contributed by atoms with Gasteiger partial charge < -0.3 is 24.4 Å². The van der Waals surface area contributed by atoms with E-state index in [2.05, 4.69) is 20.4 Å². The maximum absolute atomic E-state index is 13.3. The molecule has 5 aliphatic rings. The number of fused-ring (bicyclic) bond motifs is 2. The molecule has 1 saturated carbocycles. The number of aliphatic hydroxyl groups is 2. The molecule has 2 aliphatic heterocycles. The number of carbonyl (C=O) groups is 1. The number of carbonyl (C=O) groups excluding carboxylic acids is 1. The lowest BCUT2D eigenvalue weighted by Crippen LogP contribution is -2.70. The number of ether oxygens (including phenoxy) is 3. The van der Waals surface area contributed by atoms with E-state index in [0.29, 0.717) is 24.0 Å². The van der Waals surface area contributed by atoms with Gasteiger partial charge in [-0.15, -0.1) is 0 Å². The van der Waals surface area contributed by atoms with Gasteiger partial charge in [-0.05, 0) is 49.3 Å². The molecular formula is C30H44O6. The number of aliphatic hydroxyl groups excluding tert-OH is 1. The molecule has 0 amide bonds. The highest BCUT2D eigenvalue weighted by Crippen LogP contribution is 2.68. The van der Waals surface area contributed by atoms with Crippen molar-refractivity contribution in [2.24, 2.45) is 17.8 Å². The topological polar surface area (TPSA) is 85.2 Å². The van der Waals surface area contributed by atoms with Crippen molar-refractivity contribution in [3.05, 3.63) is 35.5 Å². The van der Waals surface area contributed by atoms with Crippen molar-refractivity contribution in [2.45, 2.75) is 121 Å². The highest BCUT2D eigenvalue weighted by molar-refractivity contribution is 6.04. The lowest BCUT2D eigenvalue weighted by atomic mass is 9.55. The number of hydrogen-bond acceptors (Lipinski definition) is 6. The Balaban J connectivity index is 1.53. The molecule has 3 aliphatic carbocycles. The predicted molar refractivity (Wildman–Crippen MR) is 137 cm³/mol. The summed E-state index contributed by atoms with van der Waals surface area (Å²) in [7, 11) is 0. The standard InChI is InChI=1S/C30H44O6/c1-6-7-8-9-10-11-12-13-29-34-26-23-15-22(18-31)17-27(33)24(14-20(4)25(27)32)30(23,36-29)21(5)16-28(26,35-29)19(2)3/h14-15,21,23-24,26,31,33H,2,6-13,16-18H2,1,3-5H3/t21-,23+,24-,26-,27-,28-,29?,30-/m1/s1. The SMILES string of the molecule is C=C(C)[C@]12C[C@@H](C)[C@@]34OC(CCCCCCCCC)(O[C@@H]1[C@@H]3C=C(CO)C[C@]1(O)C(=O)C(C)=C[C@@H]41)O2. The average molecular weight is 501 g/mol. The Morgan fingerprint density at radius 3 is 2.50 bits per heavy atom. The van der Waals surface area contributed by atoms with Crippen LogP contribution >= 0.6 is 0 Å². The van der Waals surface area contributed by atoms with Gasteiger partial charge in [0.05, 0.1) is 12.2 Å². The Kier molecular flexibility index (Phi) is 6.69. The lowest BCUT2D eigenvalue weighted by molar-refractivity contribution is -0.424. The van der Waals surface area contributed by atoms with Crippen LogP contribution in [0.1, 0.15) is 91.9 Å². The first-order chi connectivity index (χ1) is 17.1. The fourth-order valence-electron chi connectivity index (χ4n) is 8.00. The van der Waals surface area contributed by atoms with E-state index >= 15 is 0 Å². The molecule has 3 fully saturated rings. The molecule has 200 valence electrons. The number of hydrogen-bond donors (Lipinski definition) is 2. The fourth-order valence-corrected chi connectivity index (χ4v) is 8.00. The van der Waals surface area contributed by atoms with Gasteiger partial charge in [-0.1, -0.05) is 71.1 Å². The first-order valence-electron chi connectivity index (χ1n) is 14.1. The van der Waals surface area contributed by atoms with Gasteiger partial charge in [-0.3, -0.25) is 4.79 Å². The Labute approximate surface area is 215 Å². The Hall–Kier alpha value is -1.31. The summed E-state index contributed by atoms with van der Waals surface area (Å²) in [6.45, 7) is 12.2. The molecule has 3 bridgehead atoms. The molecule has 0 aromatic heterocycles. The van der Waals surface area contributed by atoms with Gasteiger partial charge in [0.2, 0.25) is 0 Å². The Bertz CT molecular complexity index is 984. The van der Waals surface area contributed by atoms with Crippen LogP contribution < -0.4 is 0 Å². The van der Waals surface area contributed by atoms with E-state index in [4.69, 9.17) is 14.2 Å². The van der Waals surface area contributed by atoms with Crippen LogP contribution in [-0.4, -0.2) is 51.5 Å². The third-order valence-corrected chi connectivity index (χ3v) is 9.76. The van der Waals surface area contributed by atoms with Crippen LogP contribution in [0.15, 0.2) is 35.5 Å².